The molecule has 0 aliphatic heterocycles. The Balaban J connectivity index is 2.31. The molecule has 1 N–H and O–H groups in total. The molecular formula is C16H14FNO3. The van der Waals surface area contributed by atoms with Crippen molar-refractivity contribution in [2.24, 2.45) is 0 Å². The van der Waals surface area contributed by atoms with Gasteiger partial charge in [0.1, 0.15) is 17.9 Å². The van der Waals surface area contributed by atoms with Crippen LogP contribution in [-0.2, 0) is 0 Å². The van der Waals surface area contributed by atoms with E-state index < -0.39 is 11.7 Å². The fraction of sp³-hybridized carbons (Fsp3) is 0.125. The lowest BCUT2D eigenvalue weighted by atomic mass is 10.1. The first kappa shape index (κ1) is 14.7. The van der Waals surface area contributed by atoms with E-state index in [9.17, 15) is 14.0 Å². The molecule has 0 radical (unpaired) electrons. The number of anilines is 1. The summed E-state index contributed by atoms with van der Waals surface area (Å²) in [4.78, 5) is 22.9. The first-order valence-electron chi connectivity index (χ1n) is 6.43. The third kappa shape index (κ3) is 3.45. The Morgan fingerprint density at radius 2 is 2.05 bits per heavy atom. The number of carbonyl (C=O) groups excluding carboxylic acids is 2. The summed E-state index contributed by atoms with van der Waals surface area (Å²) in [6.07, 6.45) is 0.661. The van der Waals surface area contributed by atoms with E-state index in [0.29, 0.717) is 29.9 Å². The average Bonchev–Trinajstić information content (AvgIpc) is 2.49. The zero-order valence-electron chi connectivity index (χ0n) is 11.4. The van der Waals surface area contributed by atoms with Gasteiger partial charge in [0.05, 0.1) is 17.9 Å². The van der Waals surface area contributed by atoms with Crippen molar-refractivity contribution in [3.8, 4) is 5.75 Å². The van der Waals surface area contributed by atoms with Crippen molar-refractivity contribution in [1.82, 2.24) is 0 Å². The summed E-state index contributed by atoms with van der Waals surface area (Å²) in [6, 6.07) is 10.3. The van der Waals surface area contributed by atoms with Crippen LogP contribution in [0.2, 0.25) is 0 Å². The maximum absolute atomic E-state index is 13.6. The summed E-state index contributed by atoms with van der Waals surface area (Å²) < 4.78 is 19.0. The molecule has 21 heavy (non-hydrogen) atoms. The van der Waals surface area contributed by atoms with Gasteiger partial charge in [-0.05, 0) is 37.3 Å². The zero-order valence-corrected chi connectivity index (χ0v) is 11.4. The molecule has 2 rings (SSSR count). The second kappa shape index (κ2) is 6.65. The van der Waals surface area contributed by atoms with E-state index in [1.54, 1.807) is 25.1 Å². The van der Waals surface area contributed by atoms with Gasteiger partial charge in [-0.2, -0.15) is 0 Å². The topological polar surface area (TPSA) is 55.4 Å². The van der Waals surface area contributed by atoms with Crippen molar-refractivity contribution in [3.63, 3.8) is 0 Å². The number of nitrogens with one attached hydrogen (secondary N) is 1. The van der Waals surface area contributed by atoms with Gasteiger partial charge in [0.15, 0.2) is 0 Å². The molecule has 0 atom stereocenters. The Kier molecular flexibility index (Phi) is 4.66. The van der Waals surface area contributed by atoms with Crippen LogP contribution < -0.4 is 10.1 Å². The molecule has 1 amide bonds. The van der Waals surface area contributed by atoms with E-state index in [4.69, 9.17) is 4.74 Å². The summed E-state index contributed by atoms with van der Waals surface area (Å²) in [5.41, 5.74) is 0.647. The van der Waals surface area contributed by atoms with Crippen molar-refractivity contribution < 1.29 is 18.7 Å². The van der Waals surface area contributed by atoms with Gasteiger partial charge in [-0.25, -0.2) is 4.39 Å². The van der Waals surface area contributed by atoms with Crippen LogP contribution in [-0.4, -0.2) is 18.8 Å². The molecule has 0 unspecified atom stereocenters. The Hall–Kier alpha value is -2.69. The second-order valence-corrected chi connectivity index (χ2v) is 4.24. The Morgan fingerprint density at radius 3 is 2.71 bits per heavy atom. The fourth-order valence-corrected chi connectivity index (χ4v) is 1.83. The second-order valence-electron chi connectivity index (χ2n) is 4.24. The van der Waals surface area contributed by atoms with Gasteiger partial charge in [-0.15, -0.1) is 0 Å². The average molecular weight is 287 g/mol. The summed E-state index contributed by atoms with van der Waals surface area (Å²) in [6.45, 7) is 2.21. The molecule has 0 aliphatic rings. The van der Waals surface area contributed by atoms with Crippen LogP contribution in [0.15, 0.2) is 42.5 Å². The molecule has 2 aromatic rings. The molecular weight excluding hydrogens is 273 g/mol. The smallest absolute Gasteiger partial charge is 0.258 e. The maximum Gasteiger partial charge on any atom is 0.258 e. The lowest BCUT2D eigenvalue weighted by Gasteiger charge is -2.12. The van der Waals surface area contributed by atoms with Crippen molar-refractivity contribution in [2.45, 2.75) is 6.92 Å². The van der Waals surface area contributed by atoms with Gasteiger partial charge >= 0.3 is 0 Å². The molecule has 108 valence electrons. The Bertz CT molecular complexity index is 670. The van der Waals surface area contributed by atoms with E-state index in [1.165, 1.54) is 24.3 Å². The summed E-state index contributed by atoms with van der Waals surface area (Å²) in [5, 5.41) is 2.56. The highest BCUT2D eigenvalue weighted by Crippen LogP contribution is 2.26. The monoisotopic (exact) mass is 287 g/mol. The van der Waals surface area contributed by atoms with Gasteiger partial charge in [0, 0.05) is 5.56 Å². The lowest BCUT2D eigenvalue weighted by Crippen LogP contribution is -2.14. The Morgan fingerprint density at radius 1 is 1.29 bits per heavy atom. The number of hydrogen-bond acceptors (Lipinski definition) is 3. The predicted molar refractivity (Wildman–Crippen MR) is 77.4 cm³/mol. The number of aldehydes is 1. The van der Waals surface area contributed by atoms with Crippen LogP contribution in [0.3, 0.4) is 0 Å². The highest BCUT2D eigenvalue weighted by atomic mass is 19.1. The SMILES string of the molecule is CCOc1ccc(C=O)cc1NC(=O)c1ccccc1F. The number of amides is 1. The molecule has 2 aromatic carbocycles. The summed E-state index contributed by atoms with van der Waals surface area (Å²) in [7, 11) is 0. The highest BCUT2D eigenvalue weighted by Gasteiger charge is 2.14. The number of hydrogen-bond donors (Lipinski definition) is 1. The normalized spacial score (nSPS) is 10.0. The molecule has 0 heterocycles. The Labute approximate surface area is 121 Å². The van der Waals surface area contributed by atoms with Gasteiger partial charge < -0.3 is 10.1 Å². The minimum absolute atomic E-state index is 0.0727. The van der Waals surface area contributed by atoms with E-state index in [2.05, 4.69) is 5.32 Å². The fourth-order valence-electron chi connectivity index (χ4n) is 1.83. The van der Waals surface area contributed by atoms with Gasteiger partial charge in [0.2, 0.25) is 0 Å². The molecule has 4 nitrogen and oxygen atoms in total. The van der Waals surface area contributed by atoms with Gasteiger partial charge in [-0.3, -0.25) is 9.59 Å². The standard InChI is InChI=1S/C16H14FNO3/c1-2-21-15-8-7-11(10-19)9-14(15)18-16(20)12-5-3-4-6-13(12)17/h3-10H,2H2,1H3,(H,18,20). The van der Waals surface area contributed by atoms with Crippen molar-refractivity contribution in [3.05, 3.63) is 59.4 Å². The number of benzene rings is 2. The summed E-state index contributed by atoms with van der Waals surface area (Å²) in [5.74, 6) is -0.788. The number of rotatable bonds is 5. The maximum atomic E-state index is 13.6. The van der Waals surface area contributed by atoms with Gasteiger partial charge in [-0.1, -0.05) is 12.1 Å². The van der Waals surface area contributed by atoms with Crippen molar-refractivity contribution in [2.75, 3.05) is 11.9 Å². The van der Waals surface area contributed by atoms with E-state index in [1.807, 2.05) is 0 Å². The van der Waals surface area contributed by atoms with Crippen LogP contribution in [0.25, 0.3) is 0 Å². The zero-order chi connectivity index (χ0) is 15.2. The third-order valence-corrected chi connectivity index (χ3v) is 2.81. The molecule has 5 heteroatoms. The third-order valence-electron chi connectivity index (χ3n) is 2.81. The first-order chi connectivity index (χ1) is 10.2. The minimum Gasteiger partial charge on any atom is -0.492 e. The number of carbonyl (C=O) groups is 2. The van der Waals surface area contributed by atoms with E-state index in [0.717, 1.165) is 0 Å². The van der Waals surface area contributed by atoms with Crippen molar-refractivity contribution >= 4 is 17.9 Å². The first-order valence-corrected chi connectivity index (χ1v) is 6.43. The van der Waals surface area contributed by atoms with Crippen LogP contribution in [0.1, 0.15) is 27.6 Å². The minimum atomic E-state index is -0.612. The number of ether oxygens (including phenoxy) is 1. The van der Waals surface area contributed by atoms with Crippen LogP contribution in [0.4, 0.5) is 10.1 Å². The van der Waals surface area contributed by atoms with Crippen LogP contribution in [0.5, 0.6) is 5.75 Å². The molecule has 0 spiro atoms. The highest BCUT2D eigenvalue weighted by molar-refractivity contribution is 6.05. The van der Waals surface area contributed by atoms with Crippen LogP contribution >= 0.6 is 0 Å². The van der Waals surface area contributed by atoms with E-state index >= 15 is 0 Å². The predicted octanol–water partition coefficient (Wildman–Crippen LogP) is 3.29. The van der Waals surface area contributed by atoms with Crippen molar-refractivity contribution in [1.29, 1.82) is 0 Å². The molecule has 0 aromatic heterocycles. The van der Waals surface area contributed by atoms with Gasteiger partial charge in [0.25, 0.3) is 5.91 Å². The molecule has 0 aliphatic carbocycles. The molecule has 0 fully saturated rings. The largest absolute Gasteiger partial charge is 0.492 e. The summed E-state index contributed by atoms with van der Waals surface area (Å²) >= 11 is 0. The molecule has 0 bridgehead atoms. The number of halogens is 1. The lowest BCUT2D eigenvalue weighted by molar-refractivity contribution is 0.102. The quantitative estimate of drug-likeness (QED) is 0.858. The van der Waals surface area contributed by atoms with E-state index in [-0.39, 0.29) is 5.56 Å². The molecule has 0 saturated heterocycles. The molecule has 0 saturated carbocycles. The van der Waals surface area contributed by atoms with Crippen LogP contribution in [0, 0.1) is 5.82 Å².